The number of Topliss-reactive ketones (excluding diaryl/α,β-unsaturated/α-hetero) is 1. The summed E-state index contributed by atoms with van der Waals surface area (Å²) in [4.78, 5) is 15.4. The summed E-state index contributed by atoms with van der Waals surface area (Å²) in [6.07, 6.45) is 1.63. The first-order valence-corrected chi connectivity index (χ1v) is 11.9. The Balaban J connectivity index is 1.47. The molecule has 0 saturated heterocycles. The van der Waals surface area contributed by atoms with E-state index in [1.165, 1.54) is 16.0 Å². The molecule has 1 saturated carbocycles. The van der Waals surface area contributed by atoms with Gasteiger partial charge in [0.2, 0.25) is 0 Å². The van der Waals surface area contributed by atoms with Crippen molar-refractivity contribution in [2.24, 2.45) is 10.8 Å². The molecule has 0 radical (unpaired) electrons. The van der Waals surface area contributed by atoms with Gasteiger partial charge in [-0.1, -0.05) is 38.4 Å². The number of aryl methyl sites for hydroxylation is 3. The summed E-state index contributed by atoms with van der Waals surface area (Å²) in [5.74, 6) is 1.46. The van der Waals surface area contributed by atoms with Crippen LogP contribution in [0.5, 0.6) is 5.75 Å². The number of aliphatic hydroxyl groups excluding tert-OH is 1. The van der Waals surface area contributed by atoms with Crippen LogP contribution < -0.4 is 4.74 Å². The van der Waals surface area contributed by atoms with Crippen molar-refractivity contribution in [3.8, 4) is 5.75 Å². The average Bonchev–Trinajstić information content (AvgIpc) is 2.93. The number of hydrogen-bond acceptors (Lipinski definition) is 4. The minimum Gasteiger partial charge on any atom is -0.489 e. The Bertz CT molecular complexity index is 997. The maximum absolute atomic E-state index is 13.1. The maximum atomic E-state index is 13.1. The third kappa shape index (κ3) is 3.32. The summed E-state index contributed by atoms with van der Waals surface area (Å²) >= 11 is 8.09. The lowest BCUT2D eigenvalue weighted by atomic mass is 9.89. The lowest BCUT2D eigenvalue weighted by molar-refractivity contribution is 0.0985. The topological polar surface area (TPSA) is 46.5 Å². The van der Waals surface area contributed by atoms with Gasteiger partial charge < -0.3 is 9.84 Å². The average molecular weight is 447 g/mol. The van der Waals surface area contributed by atoms with Crippen molar-refractivity contribution >= 4 is 28.7 Å². The van der Waals surface area contributed by atoms with Crippen LogP contribution in [0.2, 0.25) is 5.02 Å². The molecule has 162 valence electrons. The highest BCUT2D eigenvalue weighted by Crippen LogP contribution is 2.80. The minimum absolute atomic E-state index is 0.206. The quantitative estimate of drug-likeness (QED) is 0.509. The summed E-state index contributed by atoms with van der Waals surface area (Å²) in [6.45, 7) is 13.1. The van der Waals surface area contributed by atoms with E-state index in [1.54, 1.807) is 18.3 Å². The van der Waals surface area contributed by atoms with E-state index in [4.69, 9.17) is 16.3 Å². The van der Waals surface area contributed by atoms with Crippen LogP contribution in [0, 0.1) is 24.7 Å². The van der Waals surface area contributed by atoms with Crippen LogP contribution in [0.3, 0.4) is 0 Å². The van der Waals surface area contributed by atoms with E-state index >= 15 is 0 Å². The number of halogens is 1. The molecule has 0 spiro atoms. The number of rotatable bonds is 7. The summed E-state index contributed by atoms with van der Waals surface area (Å²) in [6, 6.07) is 3.90. The van der Waals surface area contributed by atoms with Gasteiger partial charge in [0.25, 0.3) is 0 Å². The highest BCUT2D eigenvalue weighted by molar-refractivity contribution is 7.14. The van der Waals surface area contributed by atoms with Crippen molar-refractivity contribution in [2.45, 2.75) is 72.8 Å². The molecule has 2 aromatic rings. The lowest BCUT2D eigenvalue weighted by Gasteiger charge is -2.15. The Morgan fingerprint density at radius 1 is 1.33 bits per heavy atom. The molecule has 0 bridgehead atoms. The highest BCUT2D eigenvalue weighted by atomic mass is 35.5. The van der Waals surface area contributed by atoms with Crippen LogP contribution in [-0.4, -0.2) is 23.6 Å². The van der Waals surface area contributed by atoms with Crippen LogP contribution in [0.1, 0.15) is 76.8 Å². The molecule has 1 fully saturated rings. The SMILES string of the molecule is Cc1cc(CCC(=O)c2sc(C)c3c2C[C@]2(C)[C@H]3C2(C)C)cc(Cl)c1OCC(C)O. The van der Waals surface area contributed by atoms with Crippen molar-refractivity contribution in [1.29, 1.82) is 0 Å². The molecule has 1 aromatic carbocycles. The molecule has 1 N–H and O–H groups in total. The Hall–Kier alpha value is -1.36. The van der Waals surface area contributed by atoms with E-state index in [0.717, 1.165) is 22.4 Å². The predicted molar refractivity (Wildman–Crippen MR) is 123 cm³/mol. The normalized spacial score (nSPS) is 24.3. The molecular formula is C25H31ClO3S. The number of ether oxygens (including phenoxy) is 1. The number of aliphatic hydroxyl groups is 1. The fraction of sp³-hybridized carbons (Fsp3) is 0.560. The van der Waals surface area contributed by atoms with Gasteiger partial charge in [-0.2, -0.15) is 0 Å². The number of hydrogen-bond donors (Lipinski definition) is 1. The Kier molecular flexibility index (Phi) is 5.36. The molecular weight excluding hydrogens is 416 g/mol. The molecule has 1 unspecified atom stereocenters. The number of thiophene rings is 1. The van der Waals surface area contributed by atoms with Gasteiger partial charge in [0, 0.05) is 11.3 Å². The lowest BCUT2D eigenvalue weighted by Crippen LogP contribution is -2.13. The molecule has 0 amide bonds. The second kappa shape index (κ2) is 7.36. The van der Waals surface area contributed by atoms with E-state index in [0.29, 0.717) is 40.4 Å². The Morgan fingerprint density at radius 3 is 2.67 bits per heavy atom. The number of fused-ring (bicyclic) bond motifs is 3. The van der Waals surface area contributed by atoms with Gasteiger partial charge in [0.15, 0.2) is 5.78 Å². The minimum atomic E-state index is -0.549. The molecule has 3 atom stereocenters. The highest BCUT2D eigenvalue weighted by Gasteiger charge is 2.72. The number of benzene rings is 1. The molecule has 30 heavy (non-hydrogen) atoms. The fourth-order valence-electron chi connectivity index (χ4n) is 5.53. The van der Waals surface area contributed by atoms with E-state index in [-0.39, 0.29) is 12.4 Å². The van der Waals surface area contributed by atoms with Crippen molar-refractivity contribution in [3.63, 3.8) is 0 Å². The first-order valence-electron chi connectivity index (χ1n) is 10.7. The Labute approximate surface area is 188 Å². The second-order valence-electron chi connectivity index (χ2n) is 9.94. The fourth-order valence-corrected chi connectivity index (χ4v) is 7.06. The first kappa shape index (κ1) is 21.9. The van der Waals surface area contributed by atoms with Gasteiger partial charge in [-0.15, -0.1) is 11.3 Å². The maximum Gasteiger partial charge on any atom is 0.173 e. The Morgan fingerprint density at radius 2 is 2.03 bits per heavy atom. The molecule has 2 aliphatic carbocycles. The number of carbonyl (C=O) groups is 1. The summed E-state index contributed by atoms with van der Waals surface area (Å²) in [7, 11) is 0. The second-order valence-corrected chi connectivity index (χ2v) is 11.6. The molecule has 4 rings (SSSR count). The zero-order valence-electron chi connectivity index (χ0n) is 18.7. The third-order valence-corrected chi connectivity index (χ3v) is 8.95. The standard InChI is InChI=1S/C25H31ClO3S/c1-13-9-16(10-18(26)21(13)29-12-14(2)27)7-8-19(28)22-17-11-25(6)23(24(25,4)5)20(17)15(3)30-22/h9-10,14,23,27H,7-8,11-12H2,1-6H3/t14?,23-,25-/m1/s1. The largest absolute Gasteiger partial charge is 0.489 e. The molecule has 1 heterocycles. The van der Waals surface area contributed by atoms with Gasteiger partial charge in [0.1, 0.15) is 12.4 Å². The molecule has 2 aliphatic rings. The van der Waals surface area contributed by atoms with Crippen molar-refractivity contribution in [3.05, 3.63) is 49.2 Å². The van der Waals surface area contributed by atoms with Crippen molar-refractivity contribution in [2.75, 3.05) is 6.61 Å². The van der Waals surface area contributed by atoms with Crippen LogP contribution in [0.25, 0.3) is 0 Å². The summed E-state index contributed by atoms with van der Waals surface area (Å²) in [5, 5.41) is 9.96. The van der Waals surface area contributed by atoms with Crippen molar-refractivity contribution in [1.82, 2.24) is 0 Å². The summed E-state index contributed by atoms with van der Waals surface area (Å²) in [5.41, 5.74) is 5.42. The monoisotopic (exact) mass is 446 g/mol. The van der Waals surface area contributed by atoms with Gasteiger partial charge in [-0.3, -0.25) is 4.79 Å². The smallest absolute Gasteiger partial charge is 0.173 e. The van der Waals surface area contributed by atoms with Crippen LogP contribution in [-0.2, 0) is 12.8 Å². The third-order valence-electron chi connectivity index (χ3n) is 7.47. The zero-order chi connectivity index (χ0) is 22.0. The van der Waals surface area contributed by atoms with Crippen LogP contribution >= 0.6 is 22.9 Å². The molecule has 5 heteroatoms. The van der Waals surface area contributed by atoms with Gasteiger partial charge >= 0.3 is 0 Å². The number of carbonyl (C=O) groups excluding carboxylic acids is 1. The van der Waals surface area contributed by atoms with Gasteiger partial charge in [-0.25, -0.2) is 0 Å². The number of ketones is 1. The van der Waals surface area contributed by atoms with E-state index in [2.05, 4.69) is 27.7 Å². The van der Waals surface area contributed by atoms with Crippen LogP contribution in [0.15, 0.2) is 12.1 Å². The molecule has 0 aliphatic heterocycles. The van der Waals surface area contributed by atoms with Crippen LogP contribution in [0.4, 0.5) is 0 Å². The molecule has 1 aromatic heterocycles. The predicted octanol–water partition coefficient (Wildman–Crippen LogP) is 6.28. The zero-order valence-corrected chi connectivity index (χ0v) is 20.3. The van der Waals surface area contributed by atoms with Gasteiger partial charge in [-0.05, 0) is 78.7 Å². The summed E-state index contributed by atoms with van der Waals surface area (Å²) < 4.78 is 5.63. The molecule has 3 nitrogen and oxygen atoms in total. The van der Waals surface area contributed by atoms with Gasteiger partial charge in [0.05, 0.1) is 16.0 Å². The first-order chi connectivity index (χ1) is 14.0. The van der Waals surface area contributed by atoms with E-state index in [9.17, 15) is 9.90 Å². The van der Waals surface area contributed by atoms with Crippen molar-refractivity contribution < 1.29 is 14.6 Å². The van der Waals surface area contributed by atoms with E-state index in [1.807, 2.05) is 19.1 Å². The van der Waals surface area contributed by atoms with E-state index < -0.39 is 6.10 Å².